The number of benzene rings is 2. The Morgan fingerprint density at radius 3 is 2.36 bits per heavy atom. The SMILES string of the molecule is O=S(=O)(Cn1nnc(-c2ccccc2Nc2ccc(C(F)(F)F)cc2)n1)C1(O)CCCCC1. The number of tetrazole rings is 1. The Morgan fingerprint density at radius 2 is 1.70 bits per heavy atom. The number of hydrogen-bond donors (Lipinski definition) is 2. The van der Waals surface area contributed by atoms with Crippen LogP contribution in [0.25, 0.3) is 11.4 Å². The van der Waals surface area contributed by atoms with Gasteiger partial charge in [-0.3, -0.25) is 0 Å². The minimum Gasteiger partial charge on any atom is -0.374 e. The number of nitrogens with zero attached hydrogens (tertiary/aromatic N) is 4. The van der Waals surface area contributed by atoms with E-state index < -0.39 is 32.4 Å². The van der Waals surface area contributed by atoms with Crippen molar-refractivity contribution in [2.45, 2.75) is 49.1 Å². The summed E-state index contributed by atoms with van der Waals surface area (Å²) in [6.07, 6.45) is -1.92. The molecule has 33 heavy (non-hydrogen) atoms. The molecule has 1 aliphatic carbocycles. The molecular formula is C21H22F3N5O3S. The van der Waals surface area contributed by atoms with Gasteiger partial charge in [0.2, 0.25) is 15.7 Å². The maximum Gasteiger partial charge on any atom is 0.416 e. The first-order chi connectivity index (χ1) is 15.6. The molecule has 0 unspecified atom stereocenters. The van der Waals surface area contributed by atoms with E-state index in [2.05, 4.69) is 20.7 Å². The zero-order valence-electron chi connectivity index (χ0n) is 17.5. The molecule has 0 radical (unpaired) electrons. The summed E-state index contributed by atoms with van der Waals surface area (Å²) in [6, 6.07) is 11.4. The van der Waals surface area contributed by atoms with Crippen LogP contribution in [0.3, 0.4) is 0 Å². The first-order valence-corrected chi connectivity index (χ1v) is 12.0. The van der Waals surface area contributed by atoms with E-state index in [9.17, 15) is 26.7 Å². The lowest BCUT2D eigenvalue weighted by molar-refractivity contribution is -0.137. The Morgan fingerprint density at radius 1 is 1.03 bits per heavy atom. The van der Waals surface area contributed by atoms with Crippen molar-refractivity contribution in [2.75, 3.05) is 5.32 Å². The molecule has 12 heteroatoms. The van der Waals surface area contributed by atoms with E-state index in [0.717, 1.165) is 23.4 Å². The average Bonchev–Trinajstić information content (AvgIpc) is 3.22. The van der Waals surface area contributed by atoms with Crippen LogP contribution in [-0.2, 0) is 21.9 Å². The normalized spacial score (nSPS) is 16.5. The fraction of sp³-hybridized carbons (Fsp3) is 0.381. The predicted octanol–water partition coefficient (Wildman–Crippen LogP) is 4.13. The fourth-order valence-electron chi connectivity index (χ4n) is 3.78. The van der Waals surface area contributed by atoms with Gasteiger partial charge in [-0.1, -0.05) is 18.6 Å². The van der Waals surface area contributed by atoms with Crippen LogP contribution in [0.5, 0.6) is 0 Å². The van der Waals surface area contributed by atoms with Crippen molar-refractivity contribution in [2.24, 2.45) is 0 Å². The summed E-state index contributed by atoms with van der Waals surface area (Å²) in [5.74, 6) is -0.471. The van der Waals surface area contributed by atoms with Crippen molar-refractivity contribution in [3.63, 3.8) is 0 Å². The summed E-state index contributed by atoms with van der Waals surface area (Å²) in [7, 11) is -3.93. The largest absolute Gasteiger partial charge is 0.416 e. The number of halogens is 3. The van der Waals surface area contributed by atoms with Crippen molar-refractivity contribution in [1.29, 1.82) is 0 Å². The third kappa shape index (κ3) is 5.01. The minimum absolute atomic E-state index is 0.135. The topological polar surface area (TPSA) is 110 Å². The highest BCUT2D eigenvalue weighted by Gasteiger charge is 2.43. The lowest BCUT2D eigenvalue weighted by atomic mass is 9.97. The second-order valence-electron chi connectivity index (χ2n) is 7.98. The summed E-state index contributed by atoms with van der Waals surface area (Å²) >= 11 is 0. The van der Waals surface area contributed by atoms with Crippen molar-refractivity contribution in [3.05, 3.63) is 54.1 Å². The van der Waals surface area contributed by atoms with Gasteiger partial charge in [0, 0.05) is 16.9 Å². The van der Waals surface area contributed by atoms with Gasteiger partial charge >= 0.3 is 6.18 Å². The van der Waals surface area contributed by atoms with Crippen LogP contribution in [0.1, 0.15) is 37.7 Å². The molecule has 2 N–H and O–H groups in total. The average molecular weight is 482 g/mol. The maximum atomic E-state index is 12.8. The number of aliphatic hydroxyl groups is 1. The molecule has 8 nitrogen and oxygen atoms in total. The smallest absolute Gasteiger partial charge is 0.374 e. The molecule has 176 valence electrons. The van der Waals surface area contributed by atoms with Gasteiger partial charge in [-0.25, -0.2) is 8.42 Å². The van der Waals surface area contributed by atoms with Crippen molar-refractivity contribution < 1.29 is 26.7 Å². The van der Waals surface area contributed by atoms with E-state index in [4.69, 9.17) is 0 Å². The Balaban J connectivity index is 1.54. The van der Waals surface area contributed by atoms with E-state index in [-0.39, 0.29) is 18.7 Å². The van der Waals surface area contributed by atoms with Gasteiger partial charge in [0.25, 0.3) is 0 Å². The quantitative estimate of drug-likeness (QED) is 0.545. The molecule has 0 saturated heterocycles. The highest BCUT2D eigenvalue weighted by molar-refractivity contribution is 7.91. The number of alkyl halides is 3. The van der Waals surface area contributed by atoms with Crippen LogP contribution in [0.2, 0.25) is 0 Å². The third-order valence-electron chi connectivity index (χ3n) is 5.61. The van der Waals surface area contributed by atoms with Gasteiger partial charge < -0.3 is 10.4 Å². The highest BCUT2D eigenvalue weighted by Crippen LogP contribution is 2.34. The minimum atomic E-state index is -4.43. The third-order valence-corrected chi connectivity index (χ3v) is 7.75. The number of aromatic nitrogens is 4. The monoisotopic (exact) mass is 481 g/mol. The van der Waals surface area contributed by atoms with Gasteiger partial charge in [-0.2, -0.15) is 13.2 Å². The Labute approximate surface area is 188 Å². The second kappa shape index (κ2) is 8.75. The Bertz CT molecular complexity index is 1220. The molecule has 1 saturated carbocycles. The molecule has 2 aromatic carbocycles. The fourth-order valence-corrected chi connectivity index (χ4v) is 5.34. The van der Waals surface area contributed by atoms with Gasteiger partial charge in [0.05, 0.1) is 5.56 Å². The molecule has 0 atom stereocenters. The standard InChI is InChI=1S/C21H22F3N5O3S/c22-21(23,24)15-8-10-16(11-9-15)25-18-7-3-2-6-17(18)19-26-28-29(27-19)14-33(31,32)20(30)12-4-1-5-13-20/h2-3,6-11,25,30H,1,4-5,12-14H2. The van der Waals surface area contributed by atoms with Crippen LogP contribution < -0.4 is 5.32 Å². The first-order valence-electron chi connectivity index (χ1n) is 10.3. The molecule has 0 amide bonds. The van der Waals surface area contributed by atoms with Gasteiger partial charge in [-0.15, -0.1) is 15.0 Å². The van der Waals surface area contributed by atoms with Crippen molar-refractivity contribution >= 4 is 21.2 Å². The van der Waals surface area contributed by atoms with Gasteiger partial charge in [-0.05, 0) is 67.3 Å². The maximum absolute atomic E-state index is 12.8. The Kier molecular flexibility index (Phi) is 6.14. The summed E-state index contributed by atoms with van der Waals surface area (Å²) in [4.78, 5) is -0.868. The highest BCUT2D eigenvalue weighted by atomic mass is 32.2. The van der Waals surface area contributed by atoms with Gasteiger partial charge in [0.15, 0.2) is 10.8 Å². The summed E-state index contributed by atoms with van der Waals surface area (Å²) in [5.41, 5.74) is 0.653. The van der Waals surface area contributed by atoms with Gasteiger partial charge in [0.1, 0.15) is 0 Å². The van der Waals surface area contributed by atoms with E-state index in [1.165, 1.54) is 12.1 Å². The molecule has 1 aromatic heterocycles. The molecule has 3 aromatic rings. The van der Waals surface area contributed by atoms with Crippen LogP contribution in [0, 0.1) is 0 Å². The number of hydrogen-bond acceptors (Lipinski definition) is 7. The molecule has 1 heterocycles. The zero-order valence-corrected chi connectivity index (χ0v) is 18.3. The second-order valence-corrected chi connectivity index (χ2v) is 10.2. The molecule has 1 fully saturated rings. The van der Waals surface area contributed by atoms with E-state index in [1.54, 1.807) is 24.3 Å². The molecule has 0 aliphatic heterocycles. The zero-order chi connectivity index (χ0) is 23.7. The number of rotatable bonds is 6. The summed E-state index contributed by atoms with van der Waals surface area (Å²) < 4.78 is 63.9. The summed E-state index contributed by atoms with van der Waals surface area (Å²) in [6.45, 7) is 0. The lowest BCUT2D eigenvalue weighted by Crippen LogP contribution is -2.42. The molecule has 1 aliphatic rings. The van der Waals surface area contributed by atoms with E-state index >= 15 is 0 Å². The molecule has 0 bridgehead atoms. The van der Waals surface area contributed by atoms with E-state index in [0.29, 0.717) is 29.8 Å². The Hall–Kier alpha value is -2.99. The summed E-state index contributed by atoms with van der Waals surface area (Å²) in [5, 5.41) is 25.5. The molecule has 4 rings (SSSR count). The first kappa shape index (κ1) is 23.2. The van der Waals surface area contributed by atoms with Crippen molar-refractivity contribution in [1.82, 2.24) is 20.2 Å². The van der Waals surface area contributed by atoms with Crippen LogP contribution in [-0.4, -0.2) is 38.7 Å². The number of para-hydroxylation sites is 1. The number of anilines is 2. The van der Waals surface area contributed by atoms with Crippen molar-refractivity contribution in [3.8, 4) is 11.4 Å². The molecular weight excluding hydrogens is 459 g/mol. The molecule has 0 spiro atoms. The van der Waals surface area contributed by atoms with E-state index in [1.807, 2.05) is 0 Å². The number of sulfone groups is 1. The predicted molar refractivity (Wildman–Crippen MR) is 115 cm³/mol. The van der Waals surface area contributed by atoms with Crippen LogP contribution in [0.15, 0.2) is 48.5 Å². The lowest BCUT2D eigenvalue weighted by Gasteiger charge is -2.31. The van der Waals surface area contributed by atoms with Crippen LogP contribution in [0.4, 0.5) is 24.5 Å². The van der Waals surface area contributed by atoms with Crippen LogP contribution >= 0.6 is 0 Å². The number of nitrogens with one attached hydrogen (secondary N) is 1.